The van der Waals surface area contributed by atoms with Crippen LogP contribution < -0.4 is 10.5 Å². The fourth-order valence-electron chi connectivity index (χ4n) is 4.03. The Kier molecular flexibility index (Phi) is 7.22. The van der Waals surface area contributed by atoms with Crippen molar-refractivity contribution >= 4 is 57.8 Å². The molecule has 0 radical (unpaired) electrons. The van der Waals surface area contributed by atoms with Gasteiger partial charge in [-0.05, 0) is 38.0 Å². The molecular formula is C23H27N5O4S2. The Hall–Kier alpha value is -2.92. The zero-order valence-corrected chi connectivity index (χ0v) is 21.1. The number of aromatic nitrogens is 2. The maximum absolute atomic E-state index is 13.6. The summed E-state index contributed by atoms with van der Waals surface area (Å²) in [5, 5.41) is 0. The first-order chi connectivity index (χ1) is 16.3. The molecule has 2 saturated heterocycles. The number of carbonyl (C=O) groups excluding carboxylic acids is 2. The minimum Gasteiger partial charge on any atom is -0.450 e. The Morgan fingerprint density at radius 1 is 1.24 bits per heavy atom. The lowest BCUT2D eigenvalue weighted by molar-refractivity contribution is -0.122. The van der Waals surface area contributed by atoms with Crippen molar-refractivity contribution in [3.8, 4) is 0 Å². The van der Waals surface area contributed by atoms with Gasteiger partial charge < -0.3 is 14.5 Å². The zero-order valence-electron chi connectivity index (χ0n) is 19.4. The number of piperazine rings is 1. The molecule has 0 aromatic carbocycles. The number of nitrogens with zero attached hydrogens (tertiary/aromatic N) is 5. The Balaban J connectivity index is 1.76. The summed E-state index contributed by atoms with van der Waals surface area (Å²) < 4.78 is 7.11. The topological polar surface area (TPSA) is 87.5 Å². The van der Waals surface area contributed by atoms with Gasteiger partial charge in [0.2, 0.25) is 0 Å². The van der Waals surface area contributed by atoms with E-state index in [0.29, 0.717) is 65.6 Å². The largest absolute Gasteiger partial charge is 0.450 e. The molecule has 0 atom stereocenters. The fraction of sp³-hybridized carbons (Fsp3) is 0.435. The molecule has 180 valence electrons. The van der Waals surface area contributed by atoms with Crippen LogP contribution >= 0.6 is 24.0 Å². The number of pyridine rings is 1. The van der Waals surface area contributed by atoms with E-state index in [9.17, 15) is 14.4 Å². The van der Waals surface area contributed by atoms with Crippen molar-refractivity contribution < 1.29 is 14.3 Å². The molecule has 0 unspecified atom stereocenters. The third-order valence-electron chi connectivity index (χ3n) is 5.77. The van der Waals surface area contributed by atoms with Crippen LogP contribution in [-0.2, 0) is 9.53 Å². The van der Waals surface area contributed by atoms with E-state index in [0.717, 1.165) is 12.0 Å². The molecule has 4 heterocycles. The monoisotopic (exact) mass is 501 g/mol. The first kappa shape index (κ1) is 24.2. The molecule has 2 aromatic rings. The van der Waals surface area contributed by atoms with E-state index >= 15 is 0 Å². The summed E-state index contributed by atoms with van der Waals surface area (Å²) in [6.07, 6.45) is 3.74. The van der Waals surface area contributed by atoms with Gasteiger partial charge in [0.05, 0.1) is 17.1 Å². The van der Waals surface area contributed by atoms with Crippen LogP contribution in [0.4, 0.5) is 10.6 Å². The van der Waals surface area contributed by atoms with Crippen molar-refractivity contribution in [1.29, 1.82) is 0 Å². The van der Waals surface area contributed by atoms with E-state index < -0.39 is 0 Å². The van der Waals surface area contributed by atoms with Crippen molar-refractivity contribution in [2.75, 3.05) is 44.2 Å². The van der Waals surface area contributed by atoms with Crippen molar-refractivity contribution in [3.05, 3.63) is 44.7 Å². The van der Waals surface area contributed by atoms with Crippen molar-refractivity contribution in [3.63, 3.8) is 0 Å². The van der Waals surface area contributed by atoms with Gasteiger partial charge in [-0.3, -0.25) is 18.9 Å². The van der Waals surface area contributed by atoms with Crippen molar-refractivity contribution in [2.45, 2.75) is 27.2 Å². The molecule has 34 heavy (non-hydrogen) atoms. The Morgan fingerprint density at radius 3 is 2.65 bits per heavy atom. The number of hydrogen-bond acceptors (Lipinski definition) is 8. The normalized spacial score (nSPS) is 17.9. The number of hydrogen-bond donors (Lipinski definition) is 0. The molecule has 11 heteroatoms. The summed E-state index contributed by atoms with van der Waals surface area (Å²) in [5.41, 5.74) is 1.51. The standard InChI is InChI=1S/C23H27N5O4S2/c1-4-8-28-21(30)17(34-23(28)33)14-16-19(24-18-15(3)7-6-9-27(18)20(16)29)25-10-12-26(13-11-25)22(31)32-5-2/h6-7,9,14H,4-5,8,10-13H2,1-3H3. The van der Waals surface area contributed by atoms with Crippen LogP contribution in [0.2, 0.25) is 0 Å². The molecule has 0 N–H and O–H groups in total. The van der Waals surface area contributed by atoms with Gasteiger partial charge >= 0.3 is 6.09 Å². The van der Waals surface area contributed by atoms with Crippen LogP contribution in [0.25, 0.3) is 11.7 Å². The predicted molar refractivity (Wildman–Crippen MR) is 137 cm³/mol. The zero-order chi connectivity index (χ0) is 24.4. The van der Waals surface area contributed by atoms with Gasteiger partial charge in [-0.2, -0.15) is 0 Å². The smallest absolute Gasteiger partial charge is 0.409 e. The van der Waals surface area contributed by atoms with Crippen LogP contribution in [-0.4, -0.2) is 74.8 Å². The average Bonchev–Trinajstić information content (AvgIpc) is 3.09. The highest BCUT2D eigenvalue weighted by Gasteiger charge is 2.33. The molecule has 9 nitrogen and oxygen atoms in total. The van der Waals surface area contributed by atoms with E-state index in [1.54, 1.807) is 35.1 Å². The molecule has 2 aliphatic heterocycles. The second kappa shape index (κ2) is 10.1. The molecule has 2 aliphatic rings. The molecule has 4 rings (SSSR count). The molecule has 0 saturated carbocycles. The predicted octanol–water partition coefficient (Wildman–Crippen LogP) is 2.89. The fourth-order valence-corrected chi connectivity index (χ4v) is 5.32. The number of ether oxygens (including phenoxy) is 1. The second-order valence-electron chi connectivity index (χ2n) is 8.05. The van der Waals surface area contributed by atoms with E-state index in [1.807, 2.05) is 24.8 Å². The van der Waals surface area contributed by atoms with E-state index in [-0.39, 0.29) is 17.6 Å². The maximum Gasteiger partial charge on any atom is 0.409 e. The van der Waals surface area contributed by atoms with Gasteiger partial charge in [0, 0.05) is 38.9 Å². The lowest BCUT2D eigenvalue weighted by Crippen LogP contribution is -2.49. The summed E-state index contributed by atoms with van der Waals surface area (Å²) in [6.45, 7) is 8.41. The first-order valence-corrected chi connectivity index (χ1v) is 12.5. The highest BCUT2D eigenvalue weighted by atomic mass is 32.2. The summed E-state index contributed by atoms with van der Waals surface area (Å²) in [6, 6.07) is 3.70. The number of thiocarbonyl (C=S) groups is 1. The lowest BCUT2D eigenvalue weighted by Gasteiger charge is -2.35. The van der Waals surface area contributed by atoms with E-state index in [4.69, 9.17) is 21.9 Å². The Morgan fingerprint density at radius 2 is 1.97 bits per heavy atom. The molecule has 2 fully saturated rings. The van der Waals surface area contributed by atoms with Gasteiger partial charge in [0.1, 0.15) is 15.8 Å². The third kappa shape index (κ3) is 4.54. The van der Waals surface area contributed by atoms with Crippen LogP contribution in [0.5, 0.6) is 0 Å². The molecule has 0 aliphatic carbocycles. The van der Waals surface area contributed by atoms with Gasteiger partial charge in [-0.15, -0.1) is 0 Å². The lowest BCUT2D eigenvalue weighted by atomic mass is 10.2. The number of anilines is 1. The average molecular weight is 502 g/mol. The molecule has 2 aromatic heterocycles. The van der Waals surface area contributed by atoms with Gasteiger partial charge in [0.25, 0.3) is 11.5 Å². The molecule has 0 bridgehead atoms. The number of thioether (sulfide) groups is 1. The molecule has 2 amide bonds. The quantitative estimate of drug-likeness (QED) is 0.457. The van der Waals surface area contributed by atoms with E-state index in [1.165, 1.54) is 16.2 Å². The summed E-state index contributed by atoms with van der Waals surface area (Å²) in [5.74, 6) is 0.312. The first-order valence-electron chi connectivity index (χ1n) is 11.3. The number of rotatable bonds is 5. The van der Waals surface area contributed by atoms with Gasteiger partial charge in [0.15, 0.2) is 0 Å². The highest BCUT2D eigenvalue weighted by Crippen LogP contribution is 2.33. The van der Waals surface area contributed by atoms with Gasteiger partial charge in [-0.25, -0.2) is 9.78 Å². The van der Waals surface area contributed by atoms with Gasteiger partial charge in [-0.1, -0.05) is 37.0 Å². The number of aryl methyl sites for hydroxylation is 1. The van der Waals surface area contributed by atoms with Crippen LogP contribution in [0.1, 0.15) is 31.4 Å². The van der Waals surface area contributed by atoms with Crippen LogP contribution in [0.3, 0.4) is 0 Å². The third-order valence-corrected chi connectivity index (χ3v) is 7.14. The highest BCUT2D eigenvalue weighted by molar-refractivity contribution is 8.26. The minimum atomic E-state index is -0.343. The summed E-state index contributed by atoms with van der Waals surface area (Å²) in [7, 11) is 0. The number of fused-ring (bicyclic) bond motifs is 1. The maximum atomic E-state index is 13.6. The molecular weight excluding hydrogens is 474 g/mol. The summed E-state index contributed by atoms with van der Waals surface area (Å²) in [4.78, 5) is 49.1. The van der Waals surface area contributed by atoms with Crippen LogP contribution in [0, 0.1) is 6.92 Å². The van der Waals surface area contributed by atoms with Crippen molar-refractivity contribution in [1.82, 2.24) is 19.2 Å². The number of amides is 2. The Bertz CT molecular complexity index is 1230. The minimum absolute atomic E-state index is 0.191. The van der Waals surface area contributed by atoms with Crippen molar-refractivity contribution in [2.24, 2.45) is 0 Å². The Labute approximate surface area is 207 Å². The number of carbonyl (C=O) groups is 2. The SMILES string of the molecule is CCCN1C(=O)C(=Cc2c(N3CCN(C(=O)OCC)CC3)nc3c(C)cccn3c2=O)SC1=S. The van der Waals surface area contributed by atoms with Crippen LogP contribution in [0.15, 0.2) is 28.0 Å². The van der Waals surface area contributed by atoms with E-state index in [2.05, 4.69) is 0 Å². The summed E-state index contributed by atoms with van der Waals surface area (Å²) >= 11 is 6.59. The molecule has 0 spiro atoms. The second-order valence-corrected chi connectivity index (χ2v) is 9.72.